The Morgan fingerprint density at radius 3 is 3.12 bits per heavy atom. The molecule has 0 fully saturated rings. The van der Waals surface area contributed by atoms with Gasteiger partial charge in [0.05, 0.1) is 13.2 Å². The van der Waals surface area contributed by atoms with Crippen LogP contribution in [-0.4, -0.2) is 30.9 Å². The fourth-order valence-corrected chi connectivity index (χ4v) is 1.88. The molecule has 0 radical (unpaired) electrons. The second-order valence-electron chi connectivity index (χ2n) is 3.78. The first kappa shape index (κ1) is 11.0. The number of hydrogen-bond donors (Lipinski definition) is 1. The monoisotopic (exact) mass is 222 g/mol. The van der Waals surface area contributed by atoms with E-state index in [-0.39, 0.29) is 12.5 Å². The van der Waals surface area contributed by atoms with Gasteiger partial charge in [0.15, 0.2) is 0 Å². The molecule has 2 rings (SSSR count). The van der Waals surface area contributed by atoms with Crippen molar-refractivity contribution in [2.75, 3.05) is 19.8 Å². The lowest BCUT2D eigenvalue weighted by molar-refractivity contribution is -0.142. The van der Waals surface area contributed by atoms with Crippen LogP contribution in [0.4, 0.5) is 0 Å². The third-order valence-corrected chi connectivity index (χ3v) is 2.63. The molecule has 0 amide bonds. The Morgan fingerprint density at radius 2 is 2.31 bits per heavy atom. The predicted molar refractivity (Wildman–Crippen MR) is 57.7 cm³/mol. The number of carbonyl (C=O) groups is 1. The third-order valence-electron chi connectivity index (χ3n) is 2.63. The molecule has 1 aliphatic rings. The minimum absolute atomic E-state index is 0.237. The molecule has 1 aromatic rings. The molecule has 16 heavy (non-hydrogen) atoms. The second-order valence-corrected chi connectivity index (χ2v) is 3.78. The molecule has 1 unspecified atom stereocenters. The molecule has 0 spiro atoms. The molecular weight excluding hydrogens is 208 g/mol. The summed E-state index contributed by atoms with van der Waals surface area (Å²) >= 11 is 0. The maximum atomic E-state index is 10.3. The van der Waals surface area contributed by atoms with Crippen molar-refractivity contribution in [1.29, 1.82) is 0 Å². The third kappa shape index (κ3) is 2.52. The van der Waals surface area contributed by atoms with Gasteiger partial charge in [-0.3, -0.25) is 0 Å². The van der Waals surface area contributed by atoms with Crippen LogP contribution in [0.5, 0.6) is 5.75 Å². The lowest BCUT2D eigenvalue weighted by Crippen LogP contribution is -2.20. The fraction of sp³-hybridized carbons (Fsp3) is 0.417. The molecule has 1 aliphatic heterocycles. The first-order chi connectivity index (χ1) is 7.77. The van der Waals surface area contributed by atoms with Gasteiger partial charge in [-0.05, 0) is 18.1 Å². The number of hydrogen-bond acceptors (Lipinski definition) is 3. The van der Waals surface area contributed by atoms with Crippen molar-refractivity contribution in [3.63, 3.8) is 0 Å². The molecule has 4 nitrogen and oxygen atoms in total. The Bertz CT molecular complexity index is 375. The van der Waals surface area contributed by atoms with Crippen LogP contribution >= 0.6 is 0 Å². The quantitative estimate of drug-likeness (QED) is 0.841. The average molecular weight is 222 g/mol. The van der Waals surface area contributed by atoms with Crippen molar-refractivity contribution >= 4 is 5.97 Å². The summed E-state index contributed by atoms with van der Waals surface area (Å²) in [5.41, 5.74) is 1.11. The fourth-order valence-electron chi connectivity index (χ4n) is 1.88. The Hall–Kier alpha value is -1.55. The van der Waals surface area contributed by atoms with E-state index in [0.29, 0.717) is 13.2 Å². The topological polar surface area (TPSA) is 55.8 Å². The summed E-state index contributed by atoms with van der Waals surface area (Å²) in [6.07, 6.45) is 0.872. The molecule has 1 N–H and O–H groups in total. The van der Waals surface area contributed by atoms with E-state index in [4.69, 9.17) is 14.6 Å². The van der Waals surface area contributed by atoms with Gasteiger partial charge in [-0.1, -0.05) is 18.2 Å². The zero-order chi connectivity index (χ0) is 11.4. The van der Waals surface area contributed by atoms with E-state index < -0.39 is 5.97 Å². The highest BCUT2D eigenvalue weighted by atomic mass is 16.5. The largest absolute Gasteiger partial charge is 0.493 e. The standard InChI is InChI=1S/C12H14O4/c13-12(14)8-15-7-9-5-6-16-11-4-2-1-3-10(9)11/h1-4,9H,5-8H2,(H,13,14). The Kier molecular flexibility index (Phi) is 3.41. The summed E-state index contributed by atoms with van der Waals surface area (Å²) in [5, 5.41) is 8.49. The highest BCUT2D eigenvalue weighted by Gasteiger charge is 2.21. The van der Waals surface area contributed by atoms with E-state index in [0.717, 1.165) is 17.7 Å². The van der Waals surface area contributed by atoms with E-state index >= 15 is 0 Å². The number of benzene rings is 1. The lowest BCUT2D eigenvalue weighted by atomic mass is 9.94. The van der Waals surface area contributed by atoms with E-state index in [1.54, 1.807) is 0 Å². The maximum absolute atomic E-state index is 10.3. The van der Waals surface area contributed by atoms with E-state index in [2.05, 4.69) is 0 Å². The molecule has 1 heterocycles. The van der Waals surface area contributed by atoms with Gasteiger partial charge in [0.25, 0.3) is 0 Å². The van der Waals surface area contributed by atoms with Crippen molar-refractivity contribution in [3.8, 4) is 5.75 Å². The number of para-hydroxylation sites is 1. The maximum Gasteiger partial charge on any atom is 0.329 e. The number of rotatable bonds is 4. The predicted octanol–water partition coefficient (Wildman–Crippen LogP) is 1.65. The molecule has 1 aromatic carbocycles. The molecule has 0 aliphatic carbocycles. The Labute approximate surface area is 93.8 Å². The van der Waals surface area contributed by atoms with Crippen LogP contribution in [0.3, 0.4) is 0 Å². The number of fused-ring (bicyclic) bond motifs is 1. The number of carboxylic acids is 1. The number of carboxylic acid groups (broad SMARTS) is 1. The van der Waals surface area contributed by atoms with Crippen LogP contribution in [-0.2, 0) is 9.53 Å². The lowest BCUT2D eigenvalue weighted by Gasteiger charge is -2.25. The SMILES string of the molecule is O=C(O)COCC1CCOc2ccccc21. The van der Waals surface area contributed by atoms with Crippen LogP contribution in [0.2, 0.25) is 0 Å². The Morgan fingerprint density at radius 1 is 1.50 bits per heavy atom. The smallest absolute Gasteiger partial charge is 0.329 e. The van der Waals surface area contributed by atoms with Crippen molar-refractivity contribution < 1.29 is 19.4 Å². The normalized spacial score (nSPS) is 18.6. The van der Waals surface area contributed by atoms with E-state index in [1.807, 2.05) is 24.3 Å². The first-order valence-corrected chi connectivity index (χ1v) is 5.28. The van der Waals surface area contributed by atoms with Gasteiger partial charge in [-0.2, -0.15) is 0 Å². The molecule has 4 heteroatoms. The summed E-state index contributed by atoms with van der Waals surface area (Å²) in [7, 11) is 0. The number of ether oxygens (including phenoxy) is 2. The highest BCUT2D eigenvalue weighted by molar-refractivity contribution is 5.68. The second kappa shape index (κ2) is 4.99. The molecular formula is C12H14O4. The van der Waals surface area contributed by atoms with Crippen molar-refractivity contribution in [2.24, 2.45) is 0 Å². The van der Waals surface area contributed by atoms with Gasteiger partial charge in [-0.25, -0.2) is 4.79 Å². The van der Waals surface area contributed by atoms with Crippen LogP contribution in [0.15, 0.2) is 24.3 Å². The summed E-state index contributed by atoms with van der Waals surface area (Å²) in [5.74, 6) is 0.197. The summed E-state index contributed by atoms with van der Waals surface area (Å²) in [6, 6.07) is 7.82. The number of aliphatic carboxylic acids is 1. The first-order valence-electron chi connectivity index (χ1n) is 5.28. The zero-order valence-corrected chi connectivity index (χ0v) is 8.89. The van der Waals surface area contributed by atoms with Gasteiger partial charge < -0.3 is 14.6 Å². The molecule has 0 saturated heterocycles. The van der Waals surface area contributed by atoms with E-state index in [1.165, 1.54) is 0 Å². The van der Waals surface area contributed by atoms with E-state index in [9.17, 15) is 4.79 Å². The van der Waals surface area contributed by atoms with Gasteiger partial charge in [-0.15, -0.1) is 0 Å². The van der Waals surface area contributed by atoms with Crippen LogP contribution in [0.1, 0.15) is 17.9 Å². The van der Waals surface area contributed by atoms with Crippen LogP contribution in [0.25, 0.3) is 0 Å². The summed E-state index contributed by atoms with van der Waals surface area (Å²) < 4.78 is 10.6. The van der Waals surface area contributed by atoms with Gasteiger partial charge in [0.1, 0.15) is 12.4 Å². The summed E-state index contributed by atoms with van der Waals surface area (Å²) in [6.45, 7) is 0.865. The molecule has 1 atom stereocenters. The minimum atomic E-state index is -0.930. The molecule has 86 valence electrons. The zero-order valence-electron chi connectivity index (χ0n) is 8.89. The van der Waals surface area contributed by atoms with Crippen LogP contribution < -0.4 is 4.74 Å². The molecule has 0 bridgehead atoms. The minimum Gasteiger partial charge on any atom is -0.493 e. The van der Waals surface area contributed by atoms with Gasteiger partial charge in [0, 0.05) is 5.92 Å². The highest BCUT2D eigenvalue weighted by Crippen LogP contribution is 2.33. The van der Waals surface area contributed by atoms with Crippen molar-refractivity contribution in [2.45, 2.75) is 12.3 Å². The summed E-state index contributed by atoms with van der Waals surface area (Å²) in [4.78, 5) is 10.3. The Balaban J connectivity index is 1.99. The average Bonchev–Trinajstić information content (AvgIpc) is 2.29. The van der Waals surface area contributed by atoms with Gasteiger partial charge in [0.2, 0.25) is 0 Å². The van der Waals surface area contributed by atoms with Crippen molar-refractivity contribution in [1.82, 2.24) is 0 Å². The molecule has 0 saturated carbocycles. The molecule has 0 aromatic heterocycles. The van der Waals surface area contributed by atoms with Crippen molar-refractivity contribution in [3.05, 3.63) is 29.8 Å². The van der Waals surface area contributed by atoms with Gasteiger partial charge >= 0.3 is 5.97 Å². The van der Waals surface area contributed by atoms with Crippen LogP contribution in [0, 0.1) is 0 Å².